The molecule has 0 fully saturated rings. The minimum Gasteiger partial charge on any atom is -0.490 e. The molecule has 4 aromatic carbocycles. The first-order valence-corrected chi connectivity index (χ1v) is 12.7. The van der Waals surface area contributed by atoms with Crippen LogP contribution in [0.1, 0.15) is 26.3 Å². The van der Waals surface area contributed by atoms with Crippen molar-refractivity contribution in [1.29, 1.82) is 0 Å². The lowest BCUT2D eigenvalue weighted by molar-refractivity contribution is -0.137. The van der Waals surface area contributed by atoms with Gasteiger partial charge < -0.3 is 20.1 Å². The van der Waals surface area contributed by atoms with E-state index in [0.717, 1.165) is 17.9 Å². The number of alkyl halides is 3. The van der Waals surface area contributed by atoms with E-state index in [0.29, 0.717) is 23.6 Å². The van der Waals surface area contributed by atoms with Crippen molar-refractivity contribution in [3.8, 4) is 11.5 Å². The summed E-state index contributed by atoms with van der Waals surface area (Å²) in [6.45, 7) is 0.619. The van der Waals surface area contributed by atoms with Crippen molar-refractivity contribution >= 4 is 40.5 Å². The Morgan fingerprint density at radius 2 is 1.32 bits per heavy atom. The van der Waals surface area contributed by atoms with Gasteiger partial charge in [0.2, 0.25) is 0 Å². The molecule has 0 atom stereocenters. The van der Waals surface area contributed by atoms with E-state index < -0.39 is 23.6 Å². The van der Waals surface area contributed by atoms with Gasteiger partial charge in [-0.15, -0.1) is 0 Å². The number of thiocarbonyl (C=S) groups is 1. The SMILES string of the molecule is O=C(NC(=S)Nc1ccc(C(=O)Nc2cccc(C(F)(F)F)c2)cc1)c1cccc(OCCOc2ccccc2)c1. The fourth-order valence-corrected chi connectivity index (χ4v) is 3.79. The fourth-order valence-electron chi connectivity index (χ4n) is 3.58. The molecule has 0 heterocycles. The topological polar surface area (TPSA) is 88.7 Å². The molecule has 2 amide bonds. The molecule has 0 aliphatic carbocycles. The van der Waals surface area contributed by atoms with Crippen molar-refractivity contribution in [2.75, 3.05) is 23.8 Å². The molecule has 0 aliphatic heterocycles. The summed E-state index contributed by atoms with van der Waals surface area (Å²) in [5.74, 6) is 0.191. The predicted molar refractivity (Wildman–Crippen MR) is 153 cm³/mol. The van der Waals surface area contributed by atoms with E-state index in [1.165, 1.54) is 24.3 Å². The normalized spacial score (nSPS) is 10.8. The summed E-state index contributed by atoms with van der Waals surface area (Å²) >= 11 is 5.23. The van der Waals surface area contributed by atoms with Gasteiger partial charge in [-0.3, -0.25) is 14.9 Å². The molecule has 3 N–H and O–H groups in total. The second-order valence-electron chi connectivity index (χ2n) is 8.56. The highest BCUT2D eigenvalue weighted by Gasteiger charge is 2.30. The van der Waals surface area contributed by atoms with Crippen LogP contribution in [0.4, 0.5) is 24.5 Å². The number of rotatable bonds is 9. The molecule has 0 radical (unpaired) electrons. The third-order valence-corrected chi connectivity index (χ3v) is 5.74. The van der Waals surface area contributed by atoms with E-state index in [-0.39, 0.29) is 23.0 Å². The molecule has 0 aliphatic rings. The Kier molecular flexibility index (Phi) is 9.54. The zero-order valence-corrected chi connectivity index (χ0v) is 22.2. The number of carbonyl (C=O) groups is 2. The summed E-state index contributed by atoms with van der Waals surface area (Å²) in [6, 6.07) is 26.3. The maximum Gasteiger partial charge on any atom is 0.416 e. The second kappa shape index (κ2) is 13.4. The van der Waals surface area contributed by atoms with Gasteiger partial charge in [0.1, 0.15) is 24.7 Å². The van der Waals surface area contributed by atoms with E-state index in [4.69, 9.17) is 21.7 Å². The van der Waals surface area contributed by atoms with Crippen molar-refractivity contribution in [3.63, 3.8) is 0 Å². The maximum absolute atomic E-state index is 12.9. The number of hydrogen-bond acceptors (Lipinski definition) is 5. The van der Waals surface area contributed by atoms with Crippen LogP contribution in [0, 0.1) is 0 Å². The average Bonchev–Trinajstić information content (AvgIpc) is 2.96. The average molecular weight is 580 g/mol. The molecule has 41 heavy (non-hydrogen) atoms. The summed E-state index contributed by atoms with van der Waals surface area (Å²) in [7, 11) is 0. The van der Waals surface area contributed by atoms with Gasteiger partial charge in [-0.2, -0.15) is 13.2 Å². The maximum atomic E-state index is 12.9. The van der Waals surface area contributed by atoms with Crippen molar-refractivity contribution in [2.24, 2.45) is 0 Å². The van der Waals surface area contributed by atoms with Gasteiger partial charge in [-0.1, -0.05) is 30.3 Å². The molecule has 4 aromatic rings. The summed E-state index contributed by atoms with van der Waals surface area (Å²) in [4.78, 5) is 25.1. The van der Waals surface area contributed by atoms with Crippen molar-refractivity contribution in [2.45, 2.75) is 6.18 Å². The van der Waals surface area contributed by atoms with Crippen LogP contribution in [0.25, 0.3) is 0 Å². The molecule has 7 nitrogen and oxygen atoms in total. The van der Waals surface area contributed by atoms with Crippen LogP contribution in [-0.4, -0.2) is 30.1 Å². The van der Waals surface area contributed by atoms with E-state index in [1.54, 1.807) is 36.4 Å². The summed E-state index contributed by atoms with van der Waals surface area (Å²) < 4.78 is 50.0. The van der Waals surface area contributed by atoms with E-state index in [1.807, 2.05) is 30.3 Å². The van der Waals surface area contributed by atoms with Crippen LogP contribution in [0.5, 0.6) is 11.5 Å². The quantitative estimate of drug-likeness (QED) is 0.154. The first-order chi connectivity index (χ1) is 19.7. The van der Waals surface area contributed by atoms with Crippen molar-refractivity contribution in [1.82, 2.24) is 5.32 Å². The number of halogens is 3. The van der Waals surface area contributed by atoms with Crippen molar-refractivity contribution < 1.29 is 32.2 Å². The largest absolute Gasteiger partial charge is 0.490 e. The molecule has 4 rings (SSSR count). The molecular weight excluding hydrogens is 555 g/mol. The van der Waals surface area contributed by atoms with Crippen LogP contribution >= 0.6 is 12.2 Å². The van der Waals surface area contributed by atoms with Crippen LogP contribution in [-0.2, 0) is 6.18 Å². The Balaban J connectivity index is 1.25. The van der Waals surface area contributed by atoms with Crippen LogP contribution in [0.2, 0.25) is 0 Å². The number of nitrogens with one attached hydrogen (secondary N) is 3. The van der Waals surface area contributed by atoms with Crippen LogP contribution in [0.3, 0.4) is 0 Å². The molecule has 11 heteroatoms. The highest BCUT2D eigenvalue weighted by Crippen LogP contribution is 2.30. The molecule has 0 unspecified atom stereocenters. The summed E-state index contributed by atoms with van der Waals surface area (Å²) in [5, 5.41) is 7.90. The molecule has 0 aromatic heterocycles. The number of hydrogen-bond donors (Lipinski definition) is 3. The first-order valence-electron chi connectivity index (χ1n) is 12.3. The van der Waals surface area contributed by atoms with Gasteiger partial charge in [-0.25, -0.2) is 0 Å². The third-order valence-electron chi connectivity index (χ3n) is 5.54. The van der Waals surface area contributed by atoms with Gasteiger partial charge in [0, 0.05) is 22.5 Å². The lowest BCUT2D eigenvalue weighted by Crippen LogP contribution is -2.34. The number of carbonyl (C=O) groups excluding carboxylic acids is 2. The number of amides is 2. The smallest absolute Gasteiger partial charge is 0.416 e. The minimum absolute atomic E-state index is 0.0194. The lowest BCUT2D eigenvalue weighted by atomic mass is 10.1. The number of anilines is 2. The van der Waals surface area contributed by atoms with Crippen LogP contribution in [0.15, 0.2) is 103 Å². The lowest BCUT2D eigenvalue weighted by Gasteiger charge is -2.12. The Labute approximate surface area is 239 Å². The van der Waals surface area contributed by atoms with Gasteiger partial charge in [0.15, 0.2) is 5.11 Å². The second-order valence-corrected chi connectivity index (χ2v) is 8.96. The Bertz CT molecular complexity index is 1510. The highest BCUT2D eigenvalue weighted by molar-refractivity contribution is 7.80. The molecular formula is C30H24F3N3O4S. The van der Waals surface area contributed by atoms with E-state index in [9.17, 15) is 22.8 Å². The standard InChI is InChI=1S/C30H24F3N3O4S/c31-30(32,33)22-7-5-8-24(19-22)34-27(37)20-12-14-23(15-13-20)35-29(41)36-28(38)21-6-4-11-26(18-21)40-17-16-39-25-9-2-1-3-10-25/h1-15,18-19H,16-17H2,(H,34,37)(H2,35,36,38,41). The Morgan fingerprint density at radius 3 is 2.02 bits per heavy atom. The minimum atomic E-state index is -4.52. The molecule has 210 valence electrons. The monoisotopic (exact) mass is 579 g/mol. The first kappa shape index (κ1) is 29.1. The summed E-state index contributed by atoms with van der Waals surface area (Å²) in [5.41, 5.74) is 0.191. The molecule has 0 saturated heterocycles. The summed E-state index contributed by atoms with van der Waals surface area (Å²) in [6.07, 6.45) is -4.52. The van der Waals surface area contributed by atoms with E-state index in [2.05, 4.69) is 16.0 Å². The fraction of sp³-hybridized carbons (Fsp3) is 0.100. The Hall–Kier alpha value is -4.90. The van der Waals surface area contributed by atoms with Gasteiger partial charge in [-0.05, 0) is 85.0 Å². The molecule has 0 spiro atoms. The Morgan fingerprint density at radius 1 is 0.659 bits per heavy atom. The van der Waals surface area contributed by atoms with E-state index >= 15 is 0 Å². The zero-order chi connectivity index (χ0) is 29.2. The van der Waals surface area contributed by atoms with Crippen molar-refractivity contribution in [3.05, 3.63) is 120 Å². The van der Waals surface area contributed by atoms with Gasteiger partial charge >= 0.3 is 6.18 Å². The molecule has 0 saturated carbocycles. The zero-order valence-electron chi connectivity index (χ0n) is 21.4. The number of ether oxygens (including phenoxy) is 2. The van der Waals surface area contributed by atoms with Gasteiger partial charge in [0.05, 0.1) is 5.56 Å². The van der Waals surface area contributed by atoms with Gasteiger partial charge in [0.25, 0.3) is 11.8 Å². The number of benzene rings is 4. The van der Waals surface area contributed by atoms with Crippen LogP contribution < -0.4 is 25.4 Å². The highest BCUT2D eigenvalue weighted by atomic mass is 32.1. The predicted octanol–water partition coefficient (Wildman–Crippen LogP) is 6.54. The number of para-hydroxylation sites is 1. The third kappa shape index (κ3) is 8.80. The molecule has 0 bridgehead atoms.